The number of benzene rings is 2. The quantitative estimate of drug-likeness (QED) is 0.438. The van der Waals surface area contributed by atoms with E-state index in [4.69, 9.17) is 14.6 Å². The number of carbonyl (C=O) groups is 3. The third kappa shape index (κ3) is 5.56. The third-order valence-electron chi connectivity index (χ3n) is 6.51. The molecule has 0 aliphatic heterocycles. The Morgan fingerprint density at radius 1 is 1.03 bits per heavy atom. The van der Waals surface area contributed by atoms with E-state index in [9.17, 15) is 14.4 Å². The van der Waals surface area contributed by atoms with E-state index >= 15 is 0 Å². The van der Waals surface area contributed by atoms with E-state index in [1.165, 1.54) is 11.1 Å². The molecule has 0 saturated heterocycles. The molecule has 2 aliphatic rings. The minimum Gasteiger partial charge on any atom is -0.481 e. The Bertz CT molecular complexity index is 1020. The molecule has 2 aliphatic carbocycles. The Kier molecular flexibility index (Phi) is 7.17. The van der Waals surface area contributed by atoms with Crippen molar-refractivity contribution in [2.24, 2.45) is 5.92 Å². The fourth-order valence-electron chi connectivity index (χ4n) is 4.72. The lowest BCUT2D eigenvalue weighted by atomic mass is 9.91. The molecule has 1 fully saturated rings. The van der Waals surface area contributed by atoms with Crippen LogP contribution in [0.15, 0.2) is 48.5 Å². The maximum atomic E-state index is 12.2. The lowest BCUT2D eigenvalue weighted by Crippen LogP contribution is -2.50. The van der Waals surface area contributed by atoms with Crippen molar-refractivity contribution < 1.29 is 29.0 Å². The van der Waals surface area contributed by atoms with Gasteiger partial charge < -0.3 is 25.2 Å². The second-order valence-corrected chi connectivity index (χ2v) is 9.12. The predicted molar refractivity (Wildman–Crippen MR) is 125 cm³/mol. The molecule has 4 rings (SSSR count). The summed E-state index contributed by atoms with van der Waals surface area (Å²) < 4.78 is 10.8. The number of ether oxygens (including phenoxy) is 2. The summed E-state index contributed by atoms with van der Waals surface area (Å²) in [6.45, 7) is 2.12. The number of carboxylic acid groups (broad SMARTS) is 1. The number of hydrogen-bond donors (Lipinski definition) is 3. The molecule has 3 N–H and O–H groups in total. The topological polar surface area (TPSA) is 114 Å². The van der Waals surface area contributed by atoms with Gasteiger partial charge in [-0.1, -0.05) is 48.5 Å². The highest BCUT2D eigenvalue weighted by atomic mass is 16.5. The number of carboxylic acids is 1. The number of hydrogen-bond acceptors (Lipinski definition) is 5. The van der Waals surface area contributed by atoms with Gasteiger partial charge in [-0.05, 0) is 47.9 Å². The zero-order valence-electron chi connectivity index (χ0n) is 19.2. The fraction of sp³-hybridized carbons (Fsp3) is 0.423. The molecule has 1 unspecified atom stereocenters. The minimum absolute atomic E-state index is 0.00956. The van der Waals surface area contributed by atoms with Crippen molar-refractivity contribution in [1.82, 2.24) is 10.6 Å². The minimum atomic E-state index is -0.942. The number of nitrogens with one attached hydrogen (secondary N) is 2. The van der Waals surface area contributed by atoms with Crippen LogP contribution in [-0.4, -0.2) is 55.0 Å². The molecule has 2 aromatic carbocycles. The molecule has 180 valence electrons. The van der Waals surface area contributed by atoms with Crippen molar-refractivity contribution in [3.8, 4) is 11.1 Å². The maximum Gasteiger partial charge on any atom is 0.407 e. The number of aliphatic carboxylic acids is 1. The monoisotopic (exact) mass is 466 g/mol. The van der Waals surface area contributed by atoms with Crippen molar-refractivity contribution in [3.05, 3.63) is 59.7 Å². The smallest absolute Gasteiger partial charge is 0.407 e. The first-order valence-corrected chi connectivity index (χ1v) is 11.6. The average Bonchev–Trinajstić information content (AvgIpc) is 3.61. The van der Waals surface area contributed by atoms with Crippen molar-refractivity contribution in [1.29, 1.82) is 0 Å². The SMILES string of the molecule is CC(CC(=O)O)(NC(=O)COCCNC(=O)OCC1c2ccccc2-c2ccccc21)C1CC1. The van der Waals surface area contributed by atoms with Gasteiger partial charge in [0.25, 0.3) is 0 Å². The zero-order chi connectivity index (χ0) is 24.1. The molecule has 0 heterocycles. The summed E-state index contributed by atoms with van der Waals surface area (Å²) in [5.41, 5.74) is 3.87. The van der Waals surface area contributed by atoms with Crippen LogP contribution in [0.25, 0.3) is 11.1 Å². The van der Waals surface area contributed by atoms with Crippen molar-refractivity contribution >= 4 is 18.0 Å². The molecule has 2 amide bonds. The Labute approximate surface area is 198 Å². The van der Waals surface area contributed by atoms with Crippen LogP contribution in [0.4, 0.5) is 4.79 Å². The summed E-state index contributed by atoms with van der Waals surface area (Å²) in [4.78, 5) is 35.5. The predicted octanol–water partition coefficient (Wildman–Crippen LogP) is 3.30. The highest BCUT2D eigenvalue weighted by Crippen LogP contribution is 2.44. The number of amides is 2. The van der Waals surface area contributed by atoms with Gasteiger partial charge in [0.2, 0.25) is 5.91 Å². The highest BCUT2D eigenvalue weighted by Gasteiger charge is 2.44. The normalized spacial score (nSPS) is 16.1. The Hall–Kier alpha value is -3.39. The summed E-state index contributed by atoms with van der Waals surface area (Å²) in [5.74, 6) is -1.13. The number of carbonyl (C=O) groups excluding carboxylic acids is 2. The second kappa shape index (κ2) is 10.3. The third-order valence-corrected chi connectivity index (χ3v) is 6.51. The highest BCUT2D eigenvalue weighted by molar-refractivity contribution is 5.80. The van der Waals surface area contributed by atoms with E-state index in [0.29, 0.717) is 0 Å². The lowest BCUT2D eigenvalue weighted by Gasteiger charge is -2.29. The van der Waals surface area contributed by atoms with Gasteiger partial charge in [0, 0.05) is 12.5 Å². The molecule has 34 heavy (non-hydrogen) atoms. The standard InChI is InChI=1S/C26H30N2O6/c1-26(14-24(30)31,17-10-11-17)28-23(29)16-33-13-12-27-25(32)34-15-22-20-8-4-2-6-18(20)19-7-3-5-9-21(19)22/h2-9,17,22H,10-16H2,1H3,(H,27,32)(H,28,29)(H,30,31). The molecule has 0 aromatic heterocycles. The molecular weight excluding hydrogens is 436 g/mol. The zero-order valence-corrected chi connectivity index (χ0v) is 19.2. The van der Waals surface area contributed by atoms with Gasteiger partial charge >= 0.3 is 12.1 Å². The maximum absolute atomic E-state index is 12.2. The van der Waals surface area contributed by atoms with Crippen LogP contribution in [0.3, 0.4) is 0 Å². The Balaban J connectivity index is 1.17. The summed E-state index contributed by atoms with van der Waals surface area (Å²) in [5, 5.41) is 14.5. The molecule has 8 nitrogen and oxygen atoms in total. The Morgan fingerprint density at radius 2 is 1.65 bits per heavy atom. The van der Waals surface area contributed by atoms with Crippen LogP contribution >= 0.6 is 0 Å². The van der Waals surface area contributed by atoms with Crippen molar-refractivity contribution in [2.75, 3.05) is 26.4 Å². The van der Waals surface area contributed by atoms with Crippen LogP contribution < -0.4 is 10.6 Å². The van der Waals surface area contributed by atoms with E-state index in [1.54, 1.807) is 6.92 Å². The number of alkyl carbamates (subject to hydrolysis) is 1. The van der Waals surface area contributed by atoms with Gasteiger partial charge in [-0.25, -0.2) is 4.79 Å². The number of rotatable bonds is 11. The largest absolute Gasteiger partial charge is 0.481 e. The average molecular weight is 467 g/mol. The van der Waals surface area contributed by atoms with E-state index < -0.39 is 17.6 Å². The molecule has 0 radical (unpaired) electrons. The van der Waals surface area contributed by atoms with Gasteiger partial charge in [0.15, 0.2) is 0 Å². The van der Waals surface area contributed by atoms with E-state index in [0.717, 1.165) is 24.0 Å². The molecule has 1 atom stereocenters. The second-order valence-electron chi connectivity index (χ2n) is 9.12. The summed E-state index contributed by atoms with van der Waals surface area (Å²) in [6, 6.07) is 16.3. The molecule has 2 aromatic rings. The van der Waals surface area contributed by atoms with Crippen molar-refractivity contribution in [3.63, 3.8) is 0 Å². The van der Waals surface area contributed by atoms with Crippen LogP contribution in [0.5, 0.6) is 0 Å². The van der Waals surface area contributed by atoms with Gasteiger partial charge in [0.05, 0.1) is 18.6 Å². The van der Waals surface area contributed by atoms with Gasteiger partial charge in [-0.3, -0.25) is 9.59 Å². The molecule has 1 saturated carbocycles. The van der Waals surface area contributed by atoms with Crippen LogP contribution in [-0.2, 0) is 19.1 Å². The molecule has 8 heteroatoms. The van der Waals surface area contributed by atoms with Crippen molar-refractivity contribution in [2.45, 2.75) is 37.6 Å². The molecular formula is C26H30N2O6. The van der Waals surface area contributed by atoms with E-state index in [-0.39, 0.29) is 50.5 Å². The summed E-state index contributed by atoms with van der Waals surface area (Å²) in [6.07, 6.45) is 1.16. The van der Waals surface area contributed by atoms with Crippen LogP contribution in [0, 0.1) is 5.92 Å². The van der Waals surface area contributed by atoms with Crippen LogP contribution in [0.1, 0.15) is 43.2 Å². The summed E-state index contributed by atoms with van der Waals surface area (Å²) >= 11 is 0. The first-order chi connectivity index (χ1) is 16.4. The number of fused-ring (bicyclic) bond motifs is 3. The first kappa shape index (κ1) is 23.8. The van der Waals surface area contributed by atoms with Gasteiger partial charge in [-0.15, -0.1) is 0 Å². The fourth-order valence-corrected chi connectivity index (χ4v) is 4.72. The molecule has 0 spiro atoms. The summed E-state index contributed by atoms with van der Waals surface area (Å²) in [7, 11) is 0. The Morgan fingerprint density at radius 3 is 2.24 bits per heavy atom. The first-order valence-electron chi connectivity index (χ1n) is 11.6. The lowest BCUT2D eigenvalue weighted by molar-refractivity contribution is -0.139. The van der Waals surface area contributed by atoms with Gasteiger partial charge in [0.1, 0.15) is 13.2 Å². The van der Waals surface area contributed by atoms with Gasteiger partial charge in [-0.2, -0.15) is 0 Å². The van der Waals surface area contributed by atoms with E-state index in [2.05, 4.69) is 34.9 Å². The van der Waals surface area contributed by atoms with E-state index in [1.807, 2.05) is 24.3 Å². The van der Waals surface area contributed by atoms with Crippen LogP contribution in [0.2, 0.25) is 0 Å². The molecule has 0 bridgehead atoms.